The molecule has 0 saturated heterocycles. The highest BCUT2D eigenvalue weighted by molar-refractivity contribution is 7.99. The van der Waals surface area contributed by atoms with E-state index in [0.29, 0.717) is 6.54 Å². The number of methoxy groups -OCH3 is 1. The summed E-state index contributed by atoms with van der Waals surface area (Å²) in [6.07, 6.45) is 0. The highest BCUT2D eigenvalue weighted by Crippen LogP contribution is 2.39. The van der Waals surface area contributed by atoms with Gasteiger partial charge >= 0.3 is 0 Å². The van der Waals surface area contributed by atoms with Gasteiger partial charge in [0.2, 0.25) is 0 Å². The number of hydrogen-bond donors (Lipinski definition) is 1. The van der Waals surface area contributed by atoms with Gasteiger partial charge in [-0.3, -0.25) is 0 Å². The van der Waals surface area contributed by atoms with E-state index >= 15 is 0 Å². The minimum atomic E-state index is 0.162. The van der Waals surface area contributed by atoms with Gasteiger partial charge in [-0.25, -0.2) is 0 Å². The summed E-state index contributed by atoms with van der Waals surface area (Å²) in [7, 11) is 1.68. The maximum atomic E-state index is 6.03. The molecule has 0 aliphatic carbocycles. The molecule has 0 aromatic heterocycles. The van der Waals surface area contributed by atoms with Crippen LogP contribution in [0.25, 0.3) is 0 Å². The second kappa shape index (κ2) is 6.85. The second-order valence-corrected chi connectivity index (χ2v) is 5.73. The van der Waals surface area contributed by atoms with E-state index in [1.54, 1.807) is 18.9 Å². The summed E-state index contributed by atoms with van der Waals surface area (Å²) in [5.74, 6) is 0.868. The van der Waals surface area contributed by atoms with E-state index in [4.69, 9.17) is 22.1 Å². The third-order valence-corrected chi connectivity index (χ3v) is 4.35. The molecule has 0 bridgehead atoms. The van der Waals surface area contributed by atoms with E-state index < -0.39 is 0 Å². The molecule has 0 amide bonds. The van der Waals surface area contributed by atoms with Crippen LogP contribution in [0.3, 0.4) is 0 Å². The van der Waals surface area contributed by atoms with Crippen molar-refractivity contribution in [1.82, 2.24) is 0 Å². The van der Waals surface area contributed by atoms with E-state index in [1.165, 1.54) is 0 Å². The maximum absolute atomic E-state index is 6.03. The Morgan fingerprint density at radius 2 is 2.00 bits per heavy atom. The molecule has 19 heavy (non-hydrogen) atoms. The van der Waals surface area contributed by atoms with Crippen molar-refractivity contribution in [2.75, 3.05) is 13.7 Å². The number of halogens is 1. The van der Waals surface area contributed by atoms with Gasteiger partial charge in [-0.1, -0.05) is 35.9 Å². The van der Waals surface area contributed by atoms with Crippen molar-refractivity contribution in [3.05, 3.63) is 59.1 Å². The van der Waals surface area contributed by atoms with Crippen LogP contribution in [0.15, 0.2) is 53.4 Å². The van der Waals surface area contributed by atoms with Gasteiger partial charge in [-0.2, -0.15) is 0 Å². The van der Waals surface area contributed by atoms with Crippen LogP contribution in [0.5, 0.6) is 5.75 Å². The number of rotatable bonds is 5. The smallest absolute Gasteiger partial charge is 0.132 e. The zero-order chi connectivity index (χ0) is 13.7. The van der Waals surface area contributed by atoms with Gasteiger partial charge in [0.15, 0.2) is 0 Å². The number of thioether (sulfide) groups is 1. The molecule has 0 aliphatic heterocycles. The average Bonchev–Trinajstić information content (AvgIpc) is 2.45. The summed E-state index contributed by atoms with van der Waals surface area (Å²) in [5, 5.41) is 0.895. The molecule has 2 nitrogen and oxygen atoms in total. The summed E-state index contributed by atoms with van der Waals surface area (Å²) in [4.78, 5) is 1.08. The molecule has 2 N–H and O–H groups in total. The van der Waals surface area contributed by atoms with Crippen LogP contribution >= 0.6 is 23.4 Å². The predicted octanol–water partition coefficient (Wildman–Crippen LogP) is 4.14. The van der Waals surface area contributed by atoms with E-state index in [2.05, 4.69) is 0 Å². The van der Waals surface area contributed by atoms with Gasteiger partial charge in [0.05, 0.1) is 7.11 Å². The predicted molar refractivity (Wildman–Crippen MR) is 82.1 cm³/mol. The Hall–Kier alpha value is -1.16. The summed E-state index contributed by atoms with van der Waals surface area (Å²) in [6.45, 7) is 0.545. The van der Waals surface area contributed by atoms with Gasteiger partial charge < -0.3 is 10.5 Å². The first-order valence-electron chi connectivity index (χ1n) is 6.00. The van der Waals surface area contributed by atoms with Crippen molar-refractivity contribution in [1.29, 1.82) is 0 Å². The topological polar surface area (TPSA) is 35.2 Å². The van der Waals surface area contributed by atoms with Crippen molar-refractivity contribution < 1.29 is 4.74 Å². The summed E-state index contributed by atoms with van der Waals surface area (Å²) in [5.41, 5.74) is 7.02. The van der Waals surface area contributed by atoms with Gasteiger partial charge in [-0.05, 0) is 29.8 Å². The van der Waals surface area contributed by atoms with Crippen LogP contribution in [0.2, 0.25) is 5.02 Å². The standard InChI is InChI=1S/C15H16ClNOS/c1-18-13-7-2-3-8-14(13)19-15(10-17)11-5-4-6-12(16)9-11/h2-9,15H,10,17H2,1H3. The van der Waals surface area contributed by atoms with Crippen LogP contribution in [0, 0.1) is 0 Å². The molecule has 100 valence electrons. The molecule has 2 aromatic carbocycles. The lowest BCUT2D eigenvalue weighted by Crippen LogP contribution is -2.09. The quantitative estimate of drug-likeness (QED) is 0.842. The first-order chi connectivity index (χ1) is 9.24. The van der Waals surface area contributed by atoms with E-state index in [0.717, 1.165) is 21.2 Å². The molecule has 2 aromatic rings. The molecule has 1 unspecified atom stereocenters. The van der Waals surface area contributed by atoms with Crippen molar-refractivity contribution in [3.63, 3.8) is 0 Å². The van der Waals surface area contributed by atoms with E-state index in [-0.39, 0.29) is 5.25 Å². The first-order valence-corrected chi connectivity index (χ1v) is 7.25. The van der Waals surface area contributed by atoms with Crippen molar-refractivity contribution in [2.24, 2.45) is 5.73 Å². The first kappa shape index (κ1) is 14.3. The fourth-order valence-electron chi connectivity index (χ4n) is 1.83. The maximum Gasteiger partial charge on any atom is 0.132 e. The molecule has 0 saturated carbocycles. The van der Waals surface area contributed by atoms with Crippen LogP contribution in [-0.4, -0.2) is 13.7 Å². The SMILES string of the molecule is COc1ccccc1SC(CN)c1cccc(Cl)c1. The van der Waals surface area contributed by atoms with Crippen LogP contribution in [0.4, 0.5) is 0 Å². The normalized spacial score (nSPS) is 12.2. The van der Waals surface area contributed by atoms with Gasteiger partial charge in [0.25, 0.3) is 0 Å². The van der Waals surface area contributed by atoms with Gasteiger partial charge in [0, 0.05) is 21.7 Å². The summed E-state index contributed by atoms with van der Waals surface area (Å²) < 4.78 is 5.36. The Labute approximate surface area is 122 Å². The van der Waals surface area contributed by atoms with Crippen LogP contribution in [-0.2, 0) is 0 Å². The number of hydrogen-bond acceptors (Lipinski definition) is 3. The Morgan fingerprint density at radius 3 is 2.68 bits per heavy atom. The van der Waals surface area contributed by atoms with Crippen molar-refractivity contribution in [3.8, 4) is 5.75 Å². The Bertz CT molecular complexity index is 547. The average molecular weight is 294 g/mol. The van der Waals surface area contributed by atoms with Gasteiger partial charge in [0.1, 0.15) is 5.75 Å². The molecule has 0 radical (unpaired) electrons. The molecule has 0 aliphatic rings. The number of benzene rings is 2. The molecule has 0 heterocycles. The lowest BCUT2D eigenvalue weighted by atomic mass is 10.1. The highest BCUT2D eigenvalue weighted by Gasteiger charge is 2.14. The zero-order valence-corrected chi connectivity index (χ0v) is 12.2. The number of para-hydroxylation sites is 1. The molecule has 4 heteroatoms. The number of nitrogens with two attached hydrogens (primary N) is 1. The third kappa shape index (κ3) is 3.66. The minimum absolute atomic E-state index is 0.162. The molecular formula is C15H16ClNOS. The van der Waals surface area contributed by atoms with Gasteiger partial charge in [-0.15, -0.1) is 11.8 Å². The fraction of sp³-hybridized carbons (Fsp3) is 0.200. The zero-order valence-electron chi connectivity index (χ0n) is 10.7. The molecule has 0 fully saturated rings. The summed E-state index contributed by atoms with van der Waals surface area (Å²) in [6, 6.07) is 15.8. The largest absolute Gasteiger partial charge is 0.496 e. The Kier molecular flexibility index (Phi) is 5.14. The monoisotopic (exact) mass is 293 g/mol. The Morgan fingerprint density at radius 1 is 1.21 bits per heavy atom. The lowest BCUT2D eigenvalue weighted by molar-refractivity contribution is 0.404. The van der Waals surface area contributed by atoms with Crippen molar-refractivity contribution >= 4 is 23.4 Å². The van der Waals surface area contributed by atoms with Crippen LogP contribution < -0.4 is 10.5 Å². The minimum Gasteiger partial charge on any atom is -0.496 e. The molecule has 2 rings (SSSR count). The molecular weight excluding hydrogens is 278 g/mol. The van der Waals surface area contributed by atoms with Crippen molar-refractivity contribution in [2.45, 2.75) is 10.1 Å². The van der Waals surface area contributed by atoms with E-state index in [9.17, 15) is 0 Å². The molecule has 0 spiro atoms. The van der Waals surface area contributed by atoms with E-state index in [1.807, 2.05) is 48.5 Å². The summed E-state index contributed by atoms with van der Waals surface area (Å²) >= 11 is 7.73. The second-order valence-electron chi connectivity index (χ2n) is 4.05. The fourth-order valence-corrected chi connectivity index (χ4v) is 3.14. The molecule has 1 atom stereocenters. The Balaban J connectivity index is 2.24. The third-order valence-electron chi connectivity index (χ3n) is 2.77. The van der Waals surface area contributed by atoms with Crippen LogP contribution in [0.1, 0.15) is 10.8 Å². The lowest BCUT2D eigenvalue weighted by Gasteiger charge is -2.16. The number of ether oxygens (including phenoxy) is 1. The highest BCUT2D eigenvalue weighted by atomic mass is 35.5.